The maximum absolute atomic E-state index is 12.4. The highest BCUT2D eigenvalue weighted by atomic mass is 32.2. The number of sulfonamides is 1. The fraction of sp³-hybridized carbons (Fsp3) is 0.500. The minimum atomic E-state index is -4.68. The Balaban J connectivity index is 3.19. The van der Waals surface area contributed by atoms with Gasteiger partial charge in [-0.05, 0) is 19.9 Å². The van der Waals surface area contributed by atoms with Gasteiger partial charge in [0.25, 0.3) is 0 Å². The van der Waals surface area contributed by atoms with Crippen molar-refractivity contribution in [3.8, 4) is 0 Å². The minimum Gasteiger partial charge on any atom is -0.477 e. The lowest BCUT2D eigenvalue weighted by atomic mass is 10.4. The smallest absolute Gasteiger partial charge is 0.402 e. The number of aromatic carboxylic acids is 1. The van der Waals surface area contributed by atoms with Crippen LogP contribution in [0.1, 0.15) is 23.5 Å². The van der Waals surface area contributed by atoms with Crippen LogP contribution in [0.4, 0.5) is 13.2 Å². The van der Waals surface area contributed by atoms with E-state index in [0.717, 1.165) is 11.4 Å². The summed E-state index contributed by atoms with van der Waals surface area (Å²) in [6.07, 6.45) is -4.68. The van der Waals surface area contributed by atoms with E-state index in [9.17, 15) is 26.4 Å². The average molecular weight is 331 g/mol. The second-order valence-corrected chi connectivity index (χ2v) is 7.01. The molecule has 1 heterocycles. The molecule has 0 saturated carbocycles. The van der Waals surface area contributed by atoms with Gasteiger partial charge in [-0.15, -0.1) is 11.3 Å². The van der Waals surface area contributed by atoms with E-state index in [1.54, 1.807) is 0 Å². The van der Waals surface area contributed by atoms with Gasteiger partial charge in [0.2, 0.25) is 10.0 Å². The molecule has 114 valence electrons. The first-order valence-electron chi connectivity index (χ1n) is 5.35. The summed E-state index contributed by atoms with van der Waals surface area (Å²) in [5, 5.41) is 9.74. The van der Waals surface area contributed by atoms with Gasteiger partial charge in [0, 0.05) is 11.4 Å². The number of carbonyl (C=O) groups is 1. The van der Waals surface area contributed by atoms with Crippen LogP contribution in [0.5, 0.6) is 0 Å². The lowest BCUT2D eigenvalue weighted by Crippen LogP contribution is -2.43. The molecule has 0 aromatic carbocycles. The second kappa shape index (κ2) is 5.70. The standard InChI is InChI=1S/C10H12F3NO4S2/c1-6(2)14(5-10(11,12)13)20(17,18)7-3-8(9(15)16)19-4-7/h3-4,6H,5H2,1-2H3,(H,15,16). The van der Waals surface area contributed by atoms with Crippen LogP contribution in [0.3, 0.4) is 0 Å². The van der Waals surface area contributed by atoms with Crippen LogP contribution in [0.25, 0.3) is 0 Å². The summed E-state index contributed by atoms with van der Waals surface area (Å²) in [5.41, 5.74) is 0. The first-order chi connectivity index (χ1) is 8.95. The Bertz CT molecular complexity index is 592. The SMILES string of the molecule is CC(C)N(CC(F)(F)F)S(=O)(=O)c1csc(C(=O)O)c1. The summed E-state index contributed by atoms with van der Waals surface area (Å²) >= 11 is 0.645. The third kappa shape index (κ3) is 3.93. The minimum absolute atomic E-state index is 0.251. The van der Waals surface area contributed by atoms with E-state index >= 15 is 0 Å². The van der Waals surface area contributed by atoms with Gasteiger partial charge in [-0.1, -0.05) is 0 Å². The van der Waals surface area contributed by atoms with Crippen LogP contribution < -0.4 is 0 Å². The van der Waals surface area contributed by atoms with Crippen molar-refractivity contribution in [2.45, 2.75) is 31.0 Å². The Morgan fingerprint density at radius 2 is 2.00 bits per heavy atom. The quantitative estimate of drug-likeness (QED) is 0.899. The zero-order valence-corrected chi connectivity index (χ0v) is 12.1. The predicted molar refractivity (Wildman–Crippen MR) is 66.4 cm³/mol. The van der Waals surface area contributed by atoms with Crippen molar-refractivity contribution in [3.63, 3.8) is 0 Å². The summed E-state index contributed by atoms with van der Waals surface area (Å²) in [7, 11) is -4.39. The molecule has 10 heteroatoms. The van der Waals surface area contributed by atoms with Gasteiger partial charge in [-0.3, -0.25) is 0 Å². The summed E-state index contributed by atoms with van der Waals surface area (Å²) in [4.78, 5) is 10.00. The molecule has 0 bridgehead atoms. The molecule has 0 spiro atoms. The van der Waals surface area contributed by atoms with Crippen LogP contribution in [0.15, 0.2) is 16.3 Å². The molecule has 0 saturated heterocycles. The highest BCUT2D eigenvalue weighted by Crippen LogP contribution is 2.27. The molecular formula is C10H12F3NO4S2. The lowest BCUT2D eigenvalue weighted by Gasteiger charge is -2.26. The molecule has 0 unspecified atom stereocenters. The lowest BCUT2D eigenvalue weighted by molar-refractivity contribution is -0.138. The number of hydrogen-bond donors (Lipinski definition) is 1. The van der Waals surface area contributed by atoms with Gasteiger partial charge >= 0.3 is 12.1 Å². The van der Waals surface area contributed by atoms with Crippen LogP contribution >= 0.6 is 11.3 Å². The van der Waals surface area contributed by atoms with Gasteiger partial charge in [0.1, 0.15) is 11.4 Å². The van der Waals surface area contributed by atoms with Gasteiger partial charge in [0.15, 0.2) is 0 Å². The molecule has 0 atom stereocenters. The molecule has 1 aromatic rings. The van der Waals surface area contributed by atoms with E-state index in [2.05, 4.69) is 0 Å². The molecule has 0 amide bonds. The van der Waals surface area contributed by atoms with Crippen molar-refractivity contribution in [1.29, 1.82) is 0 Å². The van der Waals surface area contributed by atoms with Crippen molar-refractivity contribution in [1.82, 2.24) is 4.31 Å². The predicted octanol–water partition coefficient (Wildman–Crippen LogP) is 2.41. The third-order valence-electron chi connectivity index (χ3n) is 2.30. The van der Waals surface area contributed by atoms with E-state index in [0.29, 0.717) is 15.6 Å². The zero-order chi connectivity index (χ0) is 15.7. The summed E-state index contributed by atoms with van der Waals surface area (Å²) < 4.78 is 61.9. The third-order valence-corrected chi connectivity index (χ3v) is 5.37. The van der Waals surface area contributed by atoms with E-state index in [1.165, 1.54) is 13.8 Å². The molecule has 5 nitrogen and oxygen atoms in total. The van der Waals surface area contributed by atoms with Crippen LogP contribution in [0.2, 0.25) is 0 Å². The molecular weight excluding hydrogens is 319 g/mol. The molecule has 0 aliphatic heterocycles. The molecule has 1 N–H and O–H groups in total. The van der Waals surface area contributed by atoms with Crippen LogP contribution in [-0.4, -0.2) is 42.6 Å². The van der Waals surface area contributed by atoms with E-state index in [4.69, 9.17) is 5.11 Å². The maximum atomic E-state index is 12.4. The summed E-state index contributed by atoms with van der Waals surface area (Å²) in [6.45, 7) is 1.01. The van der Waals surface area contributed by atoms with Gasteiger partial charge < -0.3 is 5.11 Å². The largest absolute Gasteiger partial charge is 0.477 e. The monoisotopic (exact) mass is 331 g/mol. The topological polar surface area (TPSA) is 74.7 Å². The zero-order valence-electron chi connectivity index (χ0n) is 10.5. The van der Waals surface area contributed by atoms with Crippen LogP contribution in [-0.2, 0) is 10.0 Å². The normalized spacial score (nSPS) is 13.2. The number of alkyl halides is 3. The van der Waals surface area contributed by atoms with E-state index in [-0.39, 0.29) is 4.88 Å². The molecule has 1 rings (SSSR count). The van der Waals surface area contributed by atoms with Crippen molar-refractivity contribution in [2.75, 3.05) is 6.54 Å². The Hall–Kier alpha value is -1.13. The van der Waals surface area contributed by atoms with E-state index in [1.807, 2.05) is 0 Å². The molecule has 20 heavy (non-hydrogen) atoms. The van der Waals surface area contributed by atoms with Crippen molar-refractivity contribution >= 4 is 27.3 Å². The number of halogens is 3. The molecule has 0 aliphatic carbocycles. The number of thiophene rings is 1. The fourth-order valence-corrected chi connectivity index (χ4v) is 4.14. The first kappa shape index (κ1) is 16.9. The summed E-state index contributed by atoms with van der Waals surface area (Å²) in [5.74, 6) is -1.33. The molecule has 1 aromatic heterocycles. The molecule has 0 radical (unpaired) electrons. The van der Waals surface area contributed by atoms with Gasteiger partial charge in [-0.2, -0.15) is 17.5 Å². The second-order valence-electron chi connectivity index (χ2n) is 4.21. The fourth-order valence-electron chi connectivity index (χ4n) is 1.42. The number of hydrogen-bond acceptors (Lipinski definition) is 4. The van der Waals surface area contributed by atoms with Gasteiger partial charge in [-0.25, -0.2) is 13.2 Å². The number of nitrogens with zero attached hydrogens (tertiary/aromatic N) is 1. The Labute approximate surface area is 117 Å². The Morgan fingerprint density at radius 1 is 1.45 bits per heavy atom. The number of rotatable bonds is 5. The average Bonchev–Trinajstić information content (AvgIpc) is 2.73. The summed E-state index contributed by atoms with van der Waals surface area (Å²) in [6, 6.07) is -0.0523. The van der Waals surface area contributed by atoms with E-state index < -0.39 is 39.7 Å². The number of carboxylic acids is 1. The van der Waals surface area contributed by atoms with Crippen molar-refractivity contribution < 1.29 is 31.5 Å². The van der Waals surface area contributed by atoms with Crippen molar-refractivity contribution in [3.05, 3.63) is 16.3 Å². The number of carboxylic acid groups (broad SMARTS) is 1. The molecule has 0 aliphatic rings. The molecule has 0 fully saturated rings. The van der Waals surface area contributed by atoms with Gasteiger partial charge in [0.05, 0.1) is 4.90 Å². The highest BCUT2D eigenvalue weighted by molar-refractivity contribution is 7.89. The van der Waals surface area contributed by atoms with Crippen molar-refractivity contribution in [2.24, 2.45) is 0 Å². The first-order valence-corrected chi connectivity index (χ1v) is 7.67. The maximum Gasteiger partial charge on any atom is 0.402 e. The Morgan fingerprint density at radius 3 is 2.35 bits per heavy atom. The highest BCUT2D eigenvalue weighted by Gasteiger charge is 2.38. The van der Waals surface area contributed by atoms with Crippen LogP contribution in [0, 0.1) is 0 Å². The Kier molecular flexibility index (Phi) is 4.82.